The second-order valence-electron chi connectivity index (χ2n) is 6.51. The molecule has 2 aromatic carbocycles. The minimum absolute atomic E-state index is 0.215. The highest BCUT2D eigenvalue weighted by Gasteiger charge is 2.08. The molecule has 0 unspecified atom stereocenters. The third-order valence-corrected chi connectivity index (χ3v) is 3.86. The fraction of sp³-hybridized carbons (Fsp3) is 0.381. The van der Waals surface area contributed by atoms with Crippen LogP contribution in [0.4, 0.5) is 10.1 Å². The maximum Gasteiger partial charge on any atom is 0.193 e. The van der Waals surface area contributed by atoms with Crippen LogP contribution in [-0.2, 0) is 13.1 Å². The van der Waals surface area contributed by atoms with Gasteiger partial charge in [0.25, 0.3) is 0 Å². The molecule has 0 bridgehead atoms. The highest BCUT2D eigenvalue weighted by atomic mass is 19.1. The van der Waals surface area contributed by atoms with Crippen molar-refractivity contribution < 1.29 is 13.9 Å². The SMILES string of the molecule is CCOc1ccc(OCC)c(NC(N)=NCc2ccc(CN(C)C)c(F)c2)c1. The van der Waals surface area contributed by atoms with Gasteiger partial charge in [-0.15, -0.1) is 0 Å². The average molecular weight is 388 g/mol. The van der Waals surface area contributed by atoms with Crippen molar-refractivity contribution in [1.29, 1.82) is 0 Å². The van der Waals surface area contributed by atoms with Gasteiger partial charge in [-0.25, -0.2) is 9.38 Å². The molecule has 7 heteroatoms. The van der Waals surface area contributed by atoms with Crippen molar-refractivity contribution in [3.05, 3.63) is 53.3 Å². The highest BCUT2D eigenvalue weighted by Crippen LogP contribution is 2.29. The Kier molecular flexibility index (Phi) is 8.07. The molecular formula is C21H29FN4O2. The van der Waals surface area contributed by atoms with Gasteiger partial charge >= 0.3 is 0 Å². The molecular weight excluding hydrogens is 359 g/mol. The van der Waals surface area contributed by atoms with Crippen LogP contribution >= 0.6 is 0 Å². The summed E-state index contributed by atoms with van der Waals surface area (Å²) in [6, 6.07) is 10.6. The van der Waals surface area contributed by atoms with E-state index in [1.165, 1.54) is 6.07 Å². The Morgan fingerprint density at radius 1 is 1.11 bits per heavy atom. The van der Waals surface area contributed by atoms with Crippen LogP contribution in [0.25, 0.3) is 0 Å². The summed E-state index contributed by atoms with van der Waals surface area (Å²) in [4.78, 5) is 6.23. The molecule has 152 valence electrons. The van der Waals surface area contributed by atoms with E-state index in [9.17, 15) is 4.39 Å². The molecule has 0 aliphatic rings. The quantitative estimate of drug-likeness (QED) is 0.507. The van der Waals surface area contributed by atoms with Gasteiger partial charge in [-0.05, 0) is 51.7 Å². The fourth-order valence-electron chi connectivity index (χ4n) is 2.66. The lowest BCUT2D eigenvalue weighted by molar-refractivity contribution is 0.332. The molecule has 0 aliphatic carbocycles. The number of rotatable bonds is 9. The lowest BCUT2D eigenvalue weighted by Crippen LogP contribution is -2.23. The number of halogens is 1. The number of hydrogen-bond acceptors (Lipinski definition) is 4. The van der Waals surface area contributed by atoms with Crippen molar-refractivity contribution in [1.82, 2.24) is 4.90 Å². The van der Waals surface area contributed by atoms with E-state index in [0.29, 0.717) is 42.5 Å². The Balaban J connectivity index is 2.09. The van der Waals surface area contributed by atoms with Gasteiger partial charge in [0.2, 0.25) is 0 Å². The third-order valence-electron chi connectivity index (χ3n) is 3.86. The summed E-state index contributed by atoms with van der Waals surface area (Å²) in [5.74, 6) is 1.34. The Hall–Kier alpha value is -2.80. The minimum Gasteiger partial charge on any atom is -0.494 e. The van der Waals surface area contributed by atoms with Crippen LogP contribution in [0.1, 0.15) is 25.0 Å². The standard InChI is InChI=1S/C21H29FN4O2/c1-5-27-17-9-10-20(28-6-2)19(12-17)25-21(23)24-13-15-7-8-16(14-26(3)4)18(22)11-15/h7-12H,5-6,13-14H2,1-4H3,(H3,23,24,25). The van der Waals surface area contributed by atoms with E-state index in [2.05, 4.69) is 10.3 Å². The zero-order valence-electron chi connectivity index (χ0n) is 17.0. The van der Waals surface area contributed by atoms with Crippen LogP contribution < -0.4 is 20.5 Å². The van der Waals surface area contributed by atoms with E-state index >= 15 is 0 Å². The molecule has 0 fully saturated rings. The summed E-state index contributed by atoms with van der Waals surface area (Å²) in [5.41, 5.74) is 8.09. The molecule has 2 rings (SSSR count). The van der Waals surface area contributed by atoms with Gasteiger partial charge in [0.1, 0.15) is 17.3 Å². The molecule has 0 amide bonds. The van der Waals surface area contributed by atoms with E-state index < -0.39 is 0 Å². The van der Waals surface area contributed by atoms with Gasteiger partial charge in [0.05, 0.1) is 25.4 Å². The summed E-state index contributed by atoms with van der Waals surface area (Å²) >= 11 is 0. The van der Waals surface area contributed by atoms with Crippen molar-refractivity contribution in [2.75, 3.05) is 32.6 Å². The Morgan fingerprint density at radius 2 is 1.86 bits per heavy atom. The summed E-state index contributed by atoms with van der Waals surface area (Å²) in [5, 5.41) is 3.04. The van der Waals surface area contributed by atoms with E-state index in [1.54, 1.807) is 6.07 Å². The molecule has 0 aliphatic heterocycles. The molecule has 2 aromatic rings. The Morgan fingerprint density at radius 3 is 2.50 bits per heavy atom. The van der Waals surface area contributed by atoms with Gasteiger partial charge < -0.3 is 25.4 Å². The lowest BCUT2D eigenvalue weighted by Gasteiger charge is -2.14. The second-order valence-corrected chi connectivity index (χ2v) is 6.51. The number of nitrogens with zero attached hydrogens (tertiary/aromatic N) is 2. The number of nitrogens with two attached hydrogens (primary N) is 1. The van der Waals surface area contributed by atoms with Crippen LogP contribution in [0.2, 0.25) is 0 Å². The fourth-order valence-corrected chi connectivity index (χ4v) is 2.66. The molecule has 0 radical (unpaired) electrons. The molecule has 0 spiro atoms. The predicted molar refractivity (Wildman–Crippen MR) is 112 cm³/mol. The zero-order valence-corrected chi connectivity index (χ0v) is 17.0. The number of aliphatic imine (C=N–C) groups is 1. The first-order valence-electron chi connectivity index (χ1n) is 9.31. The number of ether oxygens (including phenoxy) is 2. The minimum atomic E-state index is -0.240. The molecule has 28 heavy (non-hydrogen) atoms. The first-order valence-corrected chi connectivity index (χ1v) is 9.31. The van der Waals surface area contributed by atoms with Crippen molar-refractivity contribution >= 4 is 11.6 Å². The first-order chi connectivity index (χ1) is 13.4. The van der Waals surface area contributed by atoms with E-state index in [0.717, 1.165) is 5.56 Å². The summed E-state index contributed by atoms with van der Waals surface area (Å²) < 4.78 is 25.3. The molecule has 0 saturated heterocycles. The van der Waals surface area contributed by atoms with Crippen LogP contribution in [-0.4, -0.2) is 38.2 Å². The molecule has 0 atom stereocenters. The highest BCUT2D eigenvalue weighted by molar-refractivity contribution is 5.94. The summed E-state index contributed by atoms with van der Waals surface area (Å²) in [6.45, 7) is 5.74. The van der Waals surface area contributed by atoms with Crippen LogP contribution in [0, 0.1) is 5.82 Å². The van der Waals surface area contributed by atoms with Crippen molar-refractivity contribution in [2.24, 2.45) is 10.7 Å². The number of benzene rings is 2. The monoisotopic (exact) mass is 388 g/mol. The largest absolute Gasteiger partial charge is 0.494 e. The van der Waals surface area contributed by atoms with Crippen molar-refractivity contribution in [2.45, 2.75) is 26.9 Å². The predicted octanol–water partition coefficient (Wildman–Crippen LogP) is 3.61. The van der Waals surface area contributed by atoms with Gasteiger partial charge in [0.15, 0.2) is 5.96 Å². The summed E-state index contributed by atoms with van der Waals surface area (Å²) in [6.07, 6.45) is 0. The molecule has 6 nitrogen and oxygen atoms in total. The topological polar surface area (TPSA) is 72.1 Å². The molecule has 0 aromatic heterocycles. The normalized spacial score (nSPS) is 11.6. The third kappa shape index (κ3) is 6.42. The van der Waals surface area contributed by atoms with E-state index in [1.807, 2.05) is 57.1 Å². The first kappa shape index (κ1) is 21.5. The Bertz CT molecular complexity index is 809. The molecule has 0 heterocycles. The number of hydrogen-bond donors (Lipinski definition) is 2. The van der Waals surface area contributed by atoms with Crippen LogP contribution in [0.15, 0.2) is 41.4 Å². The summed E-state index contributed by atoms with van der Waals surface area (Å²) in [7, 11) is 3.81. The van der Waals surface area contributed by atoms with Gasteiger partial charge in [-0.3, -0.25) is 0 Å². The number of nitrogens with one attached hydrogen (secondary N) is 1. The van der Waals surface area contributed by atoms with Crippen molar-refractivity contribution in [3.63, 3.8) is 0 Å². The average Bonchev–Trinajstić information content (AvgIpc) is 2.64. The van der Waals surface area contributed by atoms with Crippen LogP contribution in [0.5, 0.6) is 11.5 Å². The molecule has 0 saturated carbocycles. The van der Waals surface area contributed by atoms with Crippen LogP contribution in [0.3, 0.4) is 0 Å². The second kappa shape index (κ2) is 10.5. The maximum absolute atomic E-state index is 14.2. The smallest absolute Gasteiger partial charge is 0.193 e. The molecule has 3 N–H and O–H groups in total. The number of anilines is 1. The van der Waals surface area contributed by atoms with Gasteiger partial charge in [0, 0.05) is 18.2 Å². The Labute approximate surface area is 166 Å². The van der Waals surface area contributed by atoms with Gasteiger partial charge in [-0.2, -0.15) is 0 Å². The number of guanidine groups is 1. The van der Waals surface area contributed by atoms with Gasteiger partial charge in [-0.1, -0.05) is 12.1 Å². The maximum atomic E-state index is 14.2. The van der Waals surface area contributed by atoms with Crippen molar-refractivity contribution in [3.8, 4) is 11.5 Å². The van der Waals surface area contributed by atoms with E-state index in [4.69, 9.17) is 15.2 Å². The van der Waals surface area contributed by atoms with E-state index in [-0.39, 0.29) is 18.3 Å². The zero-order chi connectivity index (χ0) is 20.5. The lowest BCUT2D eigenvalue weighted by atomic mass is 10.1.